The van der Waals surface area contributed by atoms with Crippen molar-refractivity contribution in [1.29, 1.82) is 0 Å². The Morgan fingerprint density at radius 3 is 2.70 bits per heavy atom. The first kappa shape index (κ1) is 17.0. The van der Waals surface area contributed by atoms with Crippen molar-refractivity contribution < 1.29 is 14.6 Å². The zero-order chi connectivity index (χ0) is 18.4. The van der Waals surface area contributed by atoms with E-state index in [9.17, 15) is 9.90 Å². The number of carboxylic acid groups (broad SMARTS) is 1. The Labute approximate surface area is 159 Å². The molecule has 5 rings (SSSR count). The van der Waals surface area contributed by atoms with Gasteiger partial charge in [0.1, 0.15) is 0 Å². The molecule has 0 bridgehead atoms. The Hall–Kier alpha value is -2.17. The molecule has 2 saturated heterocycles. The summed E-state index contributed by atoms with van der Waals surface area (Å²) < 4.78 is 5.51. The van der Waals surface area contributed by atoms with Gasteiger partial charge in [0.25, 0.3) is 0 Å². The molecular formula is C23H25NO3. The van der Waals surface area contributed by atoms with Crippen LogP contribution in [0.25, 0.3) is 11.1 Å². The Morgan fingerprint density at radius 1 is 1.11 bits per heavy atom. The van der Waals surface area contributed by atoms with Crippen LogP contribution in [0.2, 0.25) is 0 Å². The molecule has 4 nitrogen and oxygen atoms in total. The summed E-state index contributed by atoms with van der Waals surface area (Å²) in [5.41, 5.74) is 6.67. The number of fused-ring (bicyclic) bond motifs is 3. The van der Waals surface area contributed by atoms with Crippen LogP contribution in [-0.4, -0.2) is 42.3 Å². The van der Waals surface area contributed by atoms with E-state index in [0.717, 1.165) is 32.4 Å². The van der Waals surface area contributed by atoms with Gasteiger partial charge in [0, 0.05) is 38.3 Å². The minimum Gasteiger partial charge on any atom is -0.481 e. The maximum absolute atomic E-state index is 11.9. The second kappa shape index (κ2) is 6.47. The van der Waals surface area contributed by atoms with Crippen molar-refractivity contribution in [3.8, 4) is 11.1 Å². The third kappa shape index (κ3) is 2.88. The first-order chi connectivity index (χ1) is 13.1. The van der Waals surface area contributed by atoms with Gasteiger partial charge in [-0.25, -0.2) is 0 Å². The molecule has 2 aliphatic heterocycles. The molecule has 0 amide bonds. The van der Waals surface area contributed by atoms with E-state index in [1.165, 1.54) is 27.8 Å². The van der Waals surface area contributed by atoms with Crippen molar-refractivity contribution in [3.05, 3.63) is 59.2 Å². The van der Waals surface area contributed by atoms with Crippen molar-refractivity contribution >= 4 is 5.97 Å². The molecule has 2 heterocycles. The number of aliphatic carboxylic acids is 1. The molecule has 0 aromatic heterocycles. The second-order valence-electron chi connectivity index (χ2n) is 8.36. The predicted octanol–water partition coefficient (Wildman–Crippen LogP) is 3.57. The number of nitrogens with zero attached hydrogens (tertiary/aromatic N) is 1. The molecule has 3 aliphatic rings. The van der Waals surface area contributed by atoms with E-state index in [4.69, 9.17) is 4.74 Å². The Bertz CT molecular complexity index is 885. The van der Waals surface area contributed by atoms with Crippen LogP contribution in [0.15, 0.2) is 42.5 Å². The zero-order valence-corrected chi connectivity index (χ0v) is 15.5. The van der Waals surface area contributed by atoms with E-state index in [2.05, 4.69) is 47.4 Å². The number of benzene rings is 2. The fourth-order valence-corrected chi connectivity index (χ4v) is 5.37. The smallest absolute Gasteiger partial charge is 0.308 e. The number of rotatable bonds is 3. The number of ether oxygens (including phenoxy) is 1. The lowest BCUT2D eigenvalue weighted by atomic mass is 9.72. The third-order valence-electron chi connectivity index (χ3n) is 6.77. The summed E-state index contributed by atoms with van der Waals surface area (Å²) in [5.74, 6) is -0.927. The fourth-order valence-electron chi connectivity index (χ4n) is 5.37. The molecule has 1 spiro atoms. The van der Waals surface area contributed by atoms with E-state index in [1.54, 1.807) is 0 Å². The summed E-state index contributed by atoms with van der Waals surface area (Å²) in [5, 5.41) is 9.77. The molecular weight excluding hydrogens is 338 g/mol. The van der Waals surface area contributed by atoms with E-state index < -0.39 is 5.97 Å². The average Bonchev–Trinajstić information content (AvgIpc) is 3.20. The van der Waals surface area contributed by atoms with E-state index in [1.807, 2.05) is 0 Å². The summed E-state index contributed by atoms with van der Waals surface area (Å²) >= 11 is 0. The van der Waals surface area contributed by atoms with Crippen LogP contribution < -0.4 is 0 Å². The normalized spacial score (nSPS) is 23.3. The molecule has 1 unspecified atom stereocenters. The third-order valence-corrected chi connectivity index (χ3v) is 6.77. The largest absolute Gasteiger partial charge is 0.481 e. The van der Waals surface area contributed by atoms with E-state index >= 15 is 0 Å². The van der Waals surface area contributed by atoms with Gasteiger partial charge in [-0.1, -0.05) is 42.5 Å². The van der Waals surface area contributed by atoms with Crippen LogP contribution >= 0.6 is 0 Å². The maximum Gasteiger partial charge on any atom is 0.308 e. The molecule has 2 aromatic carbocycles. The average molecular weight is 363 g/mol. The summed E-state index contributed by atoms with van der Waals surface area (Å²) in [6, 6.07) is 15.4. The topological polar surface area (TPSA) is 49.8 Å². The van der Waals surface area contributed by atoms with Crippen molar-refractivity contribution in [1.82, 2.24) is 4.90 Å². The van der Waals surface area contributed by atoms with Gasteiger partial charge >= 0.3 is 5.97 Å². The molecule has 27 heavy (non-hydrogen) atoms. The molecule has 1 aliphatic carbocycles. The van der Waals surface area contributed by atoms with Gasteiger partial charge in [-0.15, -0.1) is 0 Å². The predicted molar refractivity (Wildman–Crippen MR) is 104 cm³/mol. The van der Waals surface area contributed by atoms with Crippen LogP contribution in [0.4, 0.5) is 0 Å². The van der Waals surface area contributed by atoms with Crippen molar-refractivity contribution in [3.63, 3.8) is 0 Å². The highest BCUT2D eigenvalue weighted by molar-refractivity contribution is 5.77. The number of likely N-dealkylation sites (tertiary alicyclic amines) is 1. The number of carbonyl (C=O) groups is 1. The summed E-state index contributed by atoms with van der Waals surface area (Å²) in [4.78, 5) is 14.2. The number of carboxylic acids is 1. The van der Waals surface area contributed by atoms with Gasteiger partial charge < -0.3 is 9.84 Å². The quantitative estimate of drug-likeness (QED) is 0.773. The van der Waals surface area contributed by atoms with Crippen LogP contribution in [0.5, 0.6) is 0 Å². The van der Waals surface area contributed by atoms with Crippen LogP contribution in [0, 0.1) is 11.3 Å². The summed E-state index contributed by atoms with van der Waals surface area (Å²) in [7, 11) is 0. The Kier molecular flexibility index (Phi) is 4.06. The minimum atomic E-state index is -0.649. The van der Waals surface area contributed by atoms with Gasteiger partial charge in [-0.05, 0) is 47.1 Å². The van der Waals surface area contributed by atoms with Gasteiger partial charge in [0.2, 0.25) is 0 Å². The fraction of sp³-hybridized carbons (Fsp3) is 0.435. The first-order valence-corrected chi connectivity index (χ1v) is 9.88. The Balaban J connectivity index is 1.36. The van der Waals surface area contributed by atoms with Crippen LogP contribution in [0.3, 0.4) is 0 Å². The highest BCUT2D eigenvalue weighted by atomic mass is 16.5. The second-order valence-corrected chi connectivity index (χ2v) is 8.36. The van der Waals surface area contributed by atoms with Gasteiger partial charge in [0.15, 0.2) is 0 Å². The molecule has 4 heteroatoms. The number of hydrogen-bond donors (Lipinski definition) is 1. The van der Waals surface area contributed by atoms with Gasteiger partial charge in [0.05, 0.1) is 5.92 Å². The molecule has 1 N–H and O–H groups in total. The molecule has 0 saturated carbocycles. The monoisotopic (exact) mass is 363 g/mol. The highest BCUT2D eigenvalue weighted by Gasteiger charge is 2.50. The molecule has 1 atom stereocenters. The summed E-state index contributed by atoms with van der Waals surface area (Å²) in [6.45, 7) is 3.72. The van der Waals surface area contributed by atoms with Crippen LogP contribution in [-0.2, 0) is 22.5 Å². The lowest BCUT2D eigenvalue weighted by Crippen LogP contribution is -2.40. The maximum atomic E-state index is 11.9. The van der Waals surface area contributed by atoms with E-state index in [-0.39, 0.29) is 11.3 Å². The highest BCUT2D eigenvalue weighted by Crippen LogP contribution is 2.45. The van der Waals surface area contributed by atoms with E-state index in [0.29, 0.717) is 19.8 Å². The number of hydrogen-bond acceptors (Lipinski definition) is 3. The summed E-state index contributed by atoms with van der Waals surface area (Å²) in [6.07, 6.45) is 2.72. The minimum absolute atomic E-state index is 0.114. The first-order valence-electron chi connectivity index (χ1n) is 9.88. The lowest BCUT2D eigenvalue weighted by molar-refractivity contribution is -0.147. The van der Waals surface area contributed by atoms with Crippen LogP contribution in [0.1, 0.15) is 29.5 Å². The van der Waals surface area contributed by atoms with Crippen molar-refractivity contribution in [2.45, 2.75) is 25.8 Å². The molecule has 140 valence electrons. The SMILES string of the molecule is O=C(O)C1CN(Cc2ccc3c(c2)Cc2ccccc2-3)CC12CCOCC2. The van der Waals surface area contributed by atoms with Gasteiger partial charge in [-0.3, -0.25) is 9.69 Å². The standard InChI is InChI=1S/C23H25NO3/c25-22(26)21-14-24(15-23(21)7-9-27-10-8-23)13-16-5-6-20-18(11-16)12-17-3-1-2-4-19(17)20/h1-6,11,21H,7-10,12-15H2,(H,25,26). The van der Waals surface area contributed by atoms with Gasteiger partial charge in [-0.2, -0.15) is 0 Å². The molecule has 0 radical (unpaired) electrons. The Morgan fingerprint density at radius 2 is 1.89 bits per heavy atom. The zero-order valence-electron chi connectivity index (χ0n) is 15.5. The van der Waals surface area contributed by atoms with Crippen molar-refractivity contribution in [2.75, 3.05) is 26.3 Å². The lowest BCUT2D eigenvalue weighted by Gasteiger charge is -2.36. The van der Waals surface area contributed by atoms with Crippen molar-refractivity contribution in [2.24, 2.45) is 11.3 Å². The molecule has 2 aromatic rings. The molecule has 2 fully saturated rings.